The number of halogens is 3. The Morgan fingerprint density at radius 2 is 1.80 bits per heavy atom. The maximum absolute atomic E-state index is 12.6. The van der Waals surface area contributed by atoms with E-state index in [4.69, 9.17) is 0 Å². The summed E-state index contributed by atoms with van der Waals surface area (Å²) in [4.78, 5) is 17.4. The van der Waals surface area contributed by atoms with Crippen molar-refractivity contribution < 1.29 is 31.4 Å². The van der Waals surface area contributed by atoms with Gasteiger partial charge in [-0.25, -0.2) is 23.4 Å². The minimum Gasteiger partial charge on any atom is -0.404 e. The van der Waals surface area contributed by atoms with E-state index in [0.29, 0.717) is 72.7 Å². The Hall–Kier alpha value is -4.31. The fourth-order valence-electron chi connectivity index (χ4n) is 4.96. The molecule has 4 heterocycles. The van der Waals surface area contributed by atoms with Gasteiger partial charge in [0.25, 0.3) is 10.0 Å². The molecule has 2 saturated carbocycles. The van der Waals surface area contributed by atoms with Gasteiger partial charge in [-0.2, -0.15) is 9.19 Å². The first-order valence-corrected chi connectivity index (χ1v) is 15.5. The second-order valence-electron chi connectivity index (χ2n) is 11.2. The van der Waals surface area contributed by atoms with Crippen LogP contribution < -0.4 is 15.4 Å². The Morgan fingerprint density at radius 3 is 2.48 bits per heavy atom. The monoisotopic (exact) mass is 630 g/mol. The molecule has 16 heteroatoms. The van der Waals surface area contributed by atoms with Gasteiger partial charge in [-0.15, -0.1) is 13.2 Å². The zero-order valence-corrected chi connectivity index (χ0v) is 24.3. The molecule has 4 aromatic rings. The molecule has 2 fully saturated rings. The lowest BCUT2D eigenvalue weighted by Gasteiger charge is -2.34. The molecule has 0 amide bonds. The molecule has 3 N–H and O–H groups in total. The molecule has 0 aliphatic heterocycles. The summed E-state index contributed by atoms with van der Waals surface area (Å²) in [6, 6.07) is 6.01. The van der Waals surface area contributed by atoms with Crippen LogP contribution in [0.5, 0.6) is 5.75 Å². The Morgan fingerprint density at radius 1 is 1.02 bits per heavy atom. The number of pyridine rings is 2. The minimum atomic E-state index is -4.83. The van der Waals surface area contributed by atoms with Crippen LogP contribution >= 0.6 is 0 Å². The van der Waals surface area contributed by atoms with Gasteiger partial charge in [0.15, 0.2) is 5.82 Å². The van der Waals surface area contributed by atoms with E-state index in [1.165, 1.54) is 30.7 Å². The molecule has 2 aliphatic rings. The first-order valence-electron chi connectivity index (χ1n) is 14.0. The predicted molar refractivity (Wildman–Crippen MR) is 155 cm³/mol. The summed E-state index contributed by atoms with van der Waals surface area (Å²) in [5.41, 5.74) is 1.27. The number of rotatable bonds is 9. The molecule has 4 aromatic heterocycles. The maximum atomic E-state index is 12.6. The van der Waals surface area contributed by atoms with Gasteiger partial charge < -0.3 is 20.5 Å². The summed E-state index contributed by atoms with van der Waals surface area (Å²) in [5.74, 6) is 0.626. The second-order valence-corrected chi connectivity index (χ2v) is 13.3. The molecule has 0 unspecified atom stereocenters. The zero-order chi connectivity index (χ0) is 31.1. The fourth-order valence-corrected chi connectivity index (χ4v) is 6.44. The van der Waals surface area contributed by atoms with E-state index in [1.807, 2.05) is 6.92 Å². The summed E-state index contributed by atoms with van der Waals surface area (Å²) >= 11 is 0. The van der Waals surface area contributed by atoms with E-state index in [0.717, 1.165) is 10.3 Å². The van der Waals surface area contributed by atoms with Gasteiger partial charge in [0, 0.05) is 35.8 Å². The molecule has 12 nitrogen and oxygen atoms in total. The highest BCUT2D eigenvalue weighted by Crippen LogP contribution is 2.35. The van der Waals surface area contributed by atoms with E-state index in [-0.39, 0.29) is 11.9 Å². The van der Waals surface area contributed by atoms with Crippen LogP contribution in [0, 0.1) is 0 Å². The lowest BCUT2D eigenvalue weighted by molar-refractivity contribution is -0.274. The molecular formula is C28H29F3N8O4S. The van der Waals surface area contributed by atoms with Crippen LogP contribution in [0.4, 0.5) is 30.5 Å². The van der Waals surface area contributed by atoms with E-state index >= 15 is 0 Å². The van der Waals surface area contributed by atoms with Crippen molar-refractivity contribution in [3.05, 3.63) is 55.2 Å². The molecule has 0 radical (unpaired) electrons. The topological polar surface area (TPSA) is 157 Å². The molecule has 6 rings (SSSR count). The third-order valence-electron chi connectivity index (χ3n) is 7.51. The van der Waals surface area contributed by atoms with Gasteiger partial charge in [-0.05, 0) is 63.6 Å². The average molecular weight is 631 g/mol. The molecule has 44 heavy (non-hydrogen) atoms. The average Bonchev–Trinajstić information content (AvgIpc) is 3.71. The third kappa shape index (κ3) is 6.91. The molecular weight excluding hydrogens is 601 g/mol. The normalized spacial score (nSPS) is 20.7. The summed E-state index contributed by atoms with van der Waals surface area (Å²) in [7, 11) is -3.53. The molecule has 232 valence electrons. The van der Waals surface area contributed by atoms with Crippen molar-refractivity contribution in [1.82, 2.24) is 29.1 Å². The van der Waals surface area contributed by atoms with Crippen molar-refractivity contribution >= 4 is 27.3 Å². The van der Waals surface area contributed by atoms with Crippen LogP contribution in [0.25, 0.3) is 22.6 Å². The number of nitrogens with one attached hydrogen (secondary N) is 2. The second kappa shape index (κ2) is 11.3. The summed E-state index contributed by atoms with van der Waals surface area (Å²) in [5, 5.41) is 20.6. The Labute approximate surface area is 250 Å². The summed E-state index contributed by atoms with van der Waals surface area (Å²) in [6.45, 7) is 1.81. The number of ether oxygens (including phenoxy) is 1. The molecule has 0 bridgehead atoms. The van der Waals surface area contributed by atoms with E-state index in [1.54, 1.807) is 18.3 Å². The van der Waals surface area contributed by atoms with Crippen LogP contribution in [-0.4, -0.2) is 65.9 Å². The van der Waals surface area contributed by atoms with E-state index in [9.17, 15) is 26.7 Å². The SMILES string of the molecule is CC1(O)CCC(Nc2cc(Nc3ccnc(-c4cnn(S(=O)(=O)C5CC5)c4)n3)ncc2-c2ccc(OC(F)(F)F)cn2)CC1. The lowest BCUT2D eigenvalue weighted by Crippen LogP contribution is -2.35. The number of aliphatic hydroxyl groups is 1. The smallest absolute Gasteiger partial charge is 0.404 e. The number of hydrogen-bond donors (Lipinski definition) is 3. The maximum Gasteiger partial charge on any atom is 0.573 e. The highest BCUT2D eigenvalue weighted by molar-refractivity contribution is 7.90. The third-order valence-corrected chi connectivity index (χ3v) is 9.54. The fraction of sp³-hybridized carbons (Fsp3) is 0.393. The highest BCUT2D eigenvalue weighted by Gasteiger charge is 2.38. The van der Waals surface area contributed by atoms with Gasteiger partial charge >= 0.3 is 6.36 Å². The largest absolute Gasteiger partial charge is 0.573 e. The number of hydrogen-bond acceptors (Lipinski definition) is 11. The number of anilines is 3. The lowest BCUT2D eigenvalue weighted by atomic mass is 9.83. The van der Waals surface area contributed by atoms with Gasteiger partial charge in [0.05, 0.1) is 40.7 Å². The van der Waals surface area contributed by atoms with Gasteiger partial charge in [-0.1, -0.05) is 0 Å². The number of aromatic nitrogens is 6. The number of alkyl halides is 3. The van der Waals surface area contributed by atoms with Crippen LogP contribution in [0.15, 0.2) is 55.2 Å². The highest BCUT2D eigenvalue weighted by atomic mass is 32.2. The minimum absolute atomic E-state index is 0.0335. The molecule has 0 saturated heterocycles. The van der Waals surface area contributed by atoms with Crippen LogP contribution in [-0.2, 0) is 10.0 Å². The van der Waals surface area contributed by atoms with E-state index < -0.39 is 33.0 Å². The van der Waals surface area contributed by atoms with Crippen molar-refractivity contribution in [3.8, 4) is 28.4 Å². The van der Waals surface area contributed by atoms with Crippen LogP contribution in [0.1, 0.15) is 45.4 Å². The van der Waals surface area contributed by atoms with Crippen LogP contribution in [0.2, 0.25) is 0 Å². The Kier molecular flexibility index (Phi) is 7.65. The molecule has 0 spiro atoms. The Bertz CT molecular complexity index is 1750. The standard InChI is InChI=1S/C28H29F3N8O4S/c1-27(40)9-6-18(7-10-27)36-23-12-25(34-15-21(23)22-5-2-19(14-33-22)43-28(29,30)31)37-24-8-11-32-26(38-24)17-13-35-39(16-17)44(41,42)20-3-4-20/h2,5,8,11-16,18,20,40H,3-4,6-7,9-10H2,1H3,(H2,32,34,36,37,38). The Balaban J connectivity index is 1.25. The first kappa shape index (κ1) is 29.7. The predicted octanol–water partition coefficient (Wildman–Crippen LogP) is 4.89. The van der Waals surface area contributed by atoms with Crippen molar-refractivity contribution in [3.63, 3.8) is 0 Å². The van der Waals surface area contributed by atoms with E-state index in [2.05, 4.69) is 40.4 Å². The molecule has 0 aromatic carbocycles. The number of nitrogens with zero attached hydrogens (tertiary/aromatic N) is 6. The summed E-state index contributed by atoms with van der Waals surface area (Å²) < 4.78 is 67.9. The van der Waals surface area contributed by atoms with Crippen molar-refractivity contribution in [2.45, 2.75) is 68.7 Å². The van der Waals surface area contributed by atoms with Crippen molar-refractivity contribution in [2.24, 2.45) is 0 Å². The van der Waals surface area contributed by atoms with Crippen molar-refractivity contribution in [1.29, 1.82) is 0 Å². The first-order chi connectivity index (χ1) is 20.8. The molecule has 0 atom stereocenters. The van der Waals surface area contributed by atoms with Crippen LogP contribution in [0.3, 0.4) is 0 Å². The summed E-state index contributed by atoms with van der Waals surface area (Å²) in [6.07, 6.45) is 5.90. The van der Waals surface area contributed by atoms with Crippen molar-refractivity contribution in [2.75, 3.05) is 10.6 Å². The zero-order valence-electron chi connectivity index (χ0n) is 23.5. The van der Waals surface area contributed by atoms with Gasteiger partial charge in [-0.3, -0.25) is 4.98 Å². The molecule has 2 aliphatic carbocycles. The van der Waals surface area contributed by atoms with Gasteiger partial charge in [0.2, 0.25) is 0 Å². The quantitative estimate of drug-likeness (QED) is 0.231. The van der Waals surface area contributed by atoms with Gasteiger partial charge in [0.1, 0.15) is 17.4 Å².